The Morgan fingerprint density at radius 3 is 0.488 bits per heavy atom. The molecule has 1 saturated carbocycles. The van der Waals surface area contributed by atoms with E-state index in [4.69, 9.17) is 0 Å². The topological polar surface area (TPSA) is 58.2 Å². The van der Waals surface area contributed by atoms with E-state index in [1.807, 2.05) is 0 Å². The second-order valence-corrected chi connectivity index (χ2v) is 25.1. The molecule has 2 N–H and O–H groups in total. The smallest absolute Gasteiger partial charge is 0.386 e. The molecule has 3 aliphatic rings. The Kier molecular flexibility index (Phi) is 28.0. The molecule has 3 rings (SSSR count). The minimum Gasteiger partial charge on any atom is -0.386 e. The predicted octanol–water partition coefficient (Wildman–Crippen LogP) is 24.2. The number of rotatable bonds is 32. The standard InChI is InChI=1S/C52H18F68N2O2.Mn/c53-21(54,25(61,62)29(69,70)33(77,78)37(85,86)41(93,94)45(101,102)49(109,110)111)13-5-11(19(123)15(7-13)23(57,58)27(65,66)31(73,74)35(81,82)39(89,90)43(97,98)47(105,106)51(115,116)117)9-121-17-3-1-2-4-18(17)122-10-12-6-14(22(55,56)26(63,64)30(71,72)34(79,80)38(87,88)42(95,96)46(103,104)50(112,113)114)8-16(20(12)124)24(59,60)28(67,68)32(75,76)36(83,84)40(91,92)44(99,100)48(107,108)52(118,119)120;/h5-10,17-18,121-122H,1-4H2;/b11-9-,12-10-;/t17-,18-;/m1./s1. The van der Waals surface area contributed by atoms with Crippen LogP contribution >= 0.6 is 0 Å². The van der Waals surface area contributed by atoms with E-state index in [9.17, 15) is 203 Å². The van der Waals surface area contributed by atoms with Crippen LogP contribution in [-0.2, 0) is 26.7 Å². The molecule has 0 aliphatic heterocycles. The first-order valence-corrected chi connectivity index (χ1v) is 29.0. The number of carbonyl (C=O) groups is 2. The van der Waals surface area contributed by atoms with Crippen LogP contribution < -0.4 is 10.6 Å². The summed E-state index contributed by atoms with van der Waals surface area (Å²) in [6.45, 7) is 0. The van der Waals surface area contributed by atoms with E-state index >= 15 is 105 Å². The van der Waals surface area contributed by atoms with E-state index in [0.29, 0.717) is 0 Å². The molecule has 0 aromatic carbocycles. The molecule has 3 aliphatic carbocycles. The van der Waals surface area contributed by atoms with Gasteiger partial charge in [-0.25, -0.2) is 0 Å². The van der Waals surface area contributed by atoms with Crippen molar-refractivity contribution in [1.82, 2.24) is 10.6 Å². The number of ketones is 2. The molecule has 0 amide bonds. The Labute approximate surface area is 645 Å². The Morgan fingerprint density at radius 2 is 0.336 bits per heavy atom. The molecule has 0 bridgehead atoms. The molecule has 731 valence electrons. The second-order valence-electron chi connectivity index (χ2n) is 25.1. The number of Topliss-reactive ketones (excluding diaryl/α,β-unsaturated/α-hetero) is 2. The van der Waals surface area contributed by atoms with Crippen molar-refractivity contribution < 1.29 is 325 Å². The first kappa shape index (κ1) is 114. The van der Waals surface area contributed by atoms with Crippen LogP contribution in [0.5, 0.6) is 0 Å². The molecule has 1 radical (unpaired) electrons. The summed E-state index contributed by atoms with van der Waals surface area (Å²) in [5.41, 5.74) is -27.5. The number of halogens is 68. The summed E-state index contributed by atoms with van der Waals surface area (Å²) in [6.07, 6.45) is -53.8. The van der Waals surface area contributed by atoms with Crippen molar-refractivity contribution in [3.8, 4) is 0 Å². The zero-order chi connectivity index (χ0) is 100. The second kappa shape index (κ2) is 30.6. The van der Waals surface area contributed by atoms with Gasteiger partial charge in [-0.2, -0.15) is 299 Å². The number of allylic oxidation sites excluding steroid dienone is 10. The third-order valence-electron chi connectivity index (χ3n) is 17.2. The predicted molar refractivity (Wildman–Crippen MR) is 254 cm³/mol. The van der Waals surface area contributed by atoms with Gasteiger partial charge in [0.15, 0.2) is 11.6 Å². The largest absolute Gasteiger partial charge is 0.460 e. The zero-order valence-corrected chi connectivity index (χ0v) is 56.5. The van der Waals surface area contributed by atoms with Gasteiger partial charge in [0.25, 0.3) is 0 Å². The Balaban J connectivity index is 0.0000529. The van der Waals surface area contributed by atoms with Gasteiger partial charge in [-0.3, -0.25) is 9.59 Å². The fraction of sp³-hybridized carbons (Fsp3) is 0.731. The van der Waals surface area contributed by atoms with Crippen molar-refractivity contribution in [2.45, 2.75) is 228 Å². The maximum Gasteiger partial charge on any atom is 0.460 e. The van der Waals surface area contributed by atoms with Crippen molar-refractivity contribution in [1.29, 1.82) is 0 Å². The van der Waals surface area contributed by atoms with E-state index in [1.165, 1.54) is 0 Å². The fourth-order valence-electron chi connectivity index (χ4n) is 9.63. The van der Waals surface area contributed by atoms with Gasteiger partial charge in [-0.1, -0.05) is 12.8 Å². The minimum atomic E-state index is -10.0. The molecular weight excluding hydrogens is 2030 g/mol. The Morgan fingerprint density at radius 1 is 0.200 bits per heavy atom. The van der Waals surface area contributed by atoms with E-state index in [-0.39, 0.29) is 17.1 Å². The summed E-state index contributed by atoms with van der Waals surface area (Å²) in [4.78, 5) is 26.8. The average molecular weight is 2050 g/mol. The summed E-state index contributed by atoms with van der Waals surface area (Å²) in [5.74, 6) is -278. The normalized spacial score (nSPS) is 20.2. The van der Waals surface area contributed by atoms with Crippen molar-refractivity contribution in [2.75, 3.05) is 0 Å². The molecule has 0 aromatic heterocycles. The van der Waals surface area contributed by atoms with E-state index in [0.717, 1.165) is 10.6 Å². The van der Waals surface area contributed by atoms with Gasteiger partial charge in [-0.15, -0.1) is 0 Å². The third-order valence-corrected chi connectivity index (χ3v) is 17.2. The van der Waals surface area contributed by atoms with Gasteiger partial charge in [0, 0.05) is 63.8 Å². The van der Waals surface area contributed by atoms with Crippen LogP contribution in [0, 0.1) is 0 Å². The van der Waals surface area contributed by atoms with Crippen LogP contribution in [0.15, 0.2) is 70.1 Å². The summed E-state index contributed by atoms with van der Waals surface area (Å²) >= 11 is 0. The van der Waals surface area contributed by atoms with Crippen LogP contribution in [0.25, 0.3) is 0 Å². The number of carbonyl (C=O) groups excluding carboxylic acids is 2. The molecule has 0 aromatic rings. The van der Waals surface area contributed by atoms with Crippen molar-refractivity contribution in [3.05, 3.63) is 70.1 Å². The van der Waals surface area contributed by atoms with Crippen molar-refractivity contribution in [2.24, 2.45) is 0 Å². The van der Waals surface area contributed by atoms with Gasteiger partial charge >= 0.3 is 191 Å². The summed E-state index contributed by atoms with van der Waals surface area (Å²) in [5, 5.41) is 1.66. The zero-order valence-electron chi connectivity index (χ0n) is 55.3. The molecule has 125 heavy (non-hydrogen) atoms. The van der Waals surface area contributed by atoms with Gasteiger partial charge in [0.2, 0.25) is 0 Å². The third kappa shape index (κ3) is 15.0. The molecule has 4 nitrogen and oxygen atoms in total. The van der Waals surface area contributed by atoms with Crippen LogP contribution in [-0.4, -0.2) is 214 Å². The maximum atomic E-state index is 15.9. The molecule has 2 atom stereocenters. The van der Waals surface area contributed by atoms with Crippen LogP contribution in [0.4, 0.5) is 299 Å². The molecule has 0 unspecified atom stereocenters. The van der Waals surface area contributed by atoms with Crippen molar-refractivity contribution in [3.63, 3.8) is 0 Å². The first-order valence-electron chi connectivity index (χ1n) is 29.0. The maximum absolute atomic E-state index is 15.9. The van der Waals surface area contributed by atoms with Gasteiger partial charge < -0.3 is 10.6 Å². The quantitative estimate of drug-likeness (QED) is 0.0400. The molecule has 0 saturated heterocycles. The molecular formula is C52H18F68MnN2O2. The summed E-state index contributed by atoms with van der Waals surface area (Å²) in [7, 11) is 0. The van der Waals surface area contributed by atoms with Crippen LogP contribution in [0.3, 0.4) is 0 Å². The average Bonchev–Trinajstić information content (AvgIpc) is 0.691. The summed E-state index contributed by atoms with van der Waals surface area (Å²) < 4.78 is 975. The first-order chi connectivity index (χ1) is 53.2. The van der Waals surface area contributed by atoms with Crippen molar-refractivity contribution >= 4 is 11.6 Å². The van der Waals surface area contributed by atoms with E-state index in [2.05, 4.69) is 0 Å². The monoisotopic (exact) mass is 2050 g/mol. The molecule has 0 spiro atoms. The van der Waals surface area contributed by atoms with Gasteiger partial charge in [0.1, 0.15) is 0 Å². The number of nitrogens with one attached hydrogen (secondary N) is 2. The molecule has 73 heteroatoms. The van der Waals surface area contributed by atoms with Crippen LogP contribution in [0.1, 0.15) is 25.7 Å². The molecule has 1 fully saturated rings. The SMILES string of the molecule is O=C1C(C(F)(F)C(F)(F)C(F)(F)C(F)(F)C(F)(F)C(F)(F)C(F)(F)C(F)(F)F)=CC(C(F)(F)C(F)(F)C(F)(F)C(F)(F)C(F)(F)C(F)(F)C(F)(F)C(F)(F)F)=C/C1=C/N[C@@H]1CCCC[C@H]1N/C=C1/C=C(C(F)(F)C(F)(F)C(F)(F)C(F)(F)C(F)(F)C(F)(F)C(F)(F)C(F)(F)F)C=C(C(F)(F)C(F)(F)C(F)(F)C(F)(F)C(F)(F)C(F)(F)C(F)(F)C(F)(F)F)C1=O.[Mn]. The summed E-state index contributed by atoms with van der Waals surface area (Å²) in [6, 6.07) is -6.32. The van der Waals surface area contributed by atoms with Gasteiger partial charge in [0.05, 0.1) is 11.1 Å². The fourth-order valence-corrected chi connectivity index (χ4v) is 9.63. The number of alkyl halides is 68. The number of hydrogen-bond acceptors (Lipinski definition) is 4. The van der Waals surface area contributed by atoms with E-state index in [1.54, 1.807) is 0 Å². The van der Waals surface area contributed by atoms with Gasteiger partial charge in [-0.05, 0) is 37.1 Å². The number of hydrogen-bond donors (Lipinski definition) is 2. The Hall–Kier alpha value is -6.86. The molecule has 0 heterocycles. The Bertz CT molecular complexity index is 3950. The van der Waals surface area contributed by atoms with Crippen LogP contribution in [0.2, 0.25) is 0 Å². The minimum absolute atomic E-state index is 0. The van der Waals surface area contributed by atoms with E-state index < -0.39 is 310 Å².